The zero-order valence-corrected chi connectivity index (χ0v) is 18.5. The Balaban J connectivity index is 1.52. The van der Waals surface area contributed by atoms with Crippen LogP contribution < -0.4 is 10.6 Å². The van der Waals surface area contributed by atoms with Crippen molar-refractivity contribution in [1.82, 2.24) is 9.88 Å². The third-order valence-corrected chi connectivity index (χ3v) is 5.62. The number of aromatic nitrogens is 1. The zero-order chi connectivity index (χ0) is 22.1. The number of aryl methyl sites for hydroxylation is 1. The van der Waals surface area contributed by atoms with E-state index in [4.69, 9.17) is 0 Å². The third kappa shape index (κ3) is 6.86. The van der Waals surface area contributed by atoms with Crippen LogP contribution in [0.1, 0.15) is 18.1 Å². The maximum absolute atomic E-state index is 12.5. The minimum Gasteiger partial charge on any atom is -0.324 e. The molecule has 7 heteroatoms. The molecule has 0 spiro atoms. The highest BCUT2D eigenvalue weighted by Gasteiger charge is 2.14. The van der Waals surface area contributed by atoms with E-state index in [1.54, 1.807) is 25.0 Å². The van der Waals surface area contributed by atoms with Gasteiger partial charge < -0.3 is 15.5 Å². The van der Waals surface area contributed by atoms with E-state index in [-0.39, 0.29) is 18.5 Å². The lowest BCUT2D eigenvalue weighted by molar-refractivity contribution is -0.116. The molecule has 6 nitrogen and oxygen atoms in total. The van der Waals surface area contributed by atoms with E-state index < -0.39 is 0 Å². The largest absolute Gasteiger partial charge is 0.324 e. The van der Waals surface area contributed by atoms with Crippen molar-refractivity contribution in [2.45, 2.75) is 24.1 Å². The van der Waals surface area contributed by atoms with Gasteiger partial charge in [-0.3, -0.25) is 4.79 Å². The summed E-state index contributed by atoms with van der Waals surface area (Å²) in [6.07, 6.45) is 2.59. The summed E-state index contributed by atoms with van der Waals surface area (Å²) >= 11 is 1.63. The van der Waals surface area contributed by atoms with Crippen molar-refractivity contribution in [3.63, 3.8) is 0 Å². The minimum absolute atomic E-state index is 0.0426. The first-order chi connectivity index (χ1) is 15.0. The van der Waals surface area contributed by atoms with E-state index in [1.165, 1.54) is 4.90 Å². The number of hydrogen-bond donors (Lipinski definition) is 2. The van der Waals surface area contributed by atoms with Crippen molar-refractivity contribution in [3.05, 3.63) is 84.1 Å². The van der Waals surface area contributed by atoms with Gasteiger partial charge in [-0.1, -0.05) is 43.3 Å². The van der Waals surface area contributed by atoms with Crippen LogP contribution in [0.15, 0.2) is 78.0 Å². The average molecular weight is 435 g/mol. The Labute approximate surface area is 187 Å². The second-order valence-electron chi connectivity index (χ2n) is 7.00. The van der Waals surface area contributed by atoms with E-state index in [0.717, 1.165) is 34.0 Å². The van der Waals surface area contributed by atoms with Gasteiger partial charge in [-0.05, 0) is 47.9 Å². The molecule has 3 aromatic rings. The highest BCUT2D eigenvalue weighted by Crippen LogP contribution is 2.22. The number of anilines is 2. The summed E-state index contributed by atoms with van der Waals surface area (Å²) in [5.74, 6) is 0.509. The standard InChI is InChI=1S/C24H26N4O2S/c1-3-19-10-4-5-12-21(19)27-22(29)16-28(2)24(30)26-20-11-8-9-18(15-20)17-31-23-13-6-7-14-25-23/h4-15H,3,16-17H2,1-2H3,(H,26,30)(H,27,29). The molecule has 0 radical (unpaired) electrons. The summed E-state index contributed by atoms with van der Waals surface area (Å²) < 4.78 is 0. The van der Waals surface area contributed by atoms with Gasteiger partial charge in [0, 0.05) is 30.4 Å². The molecule has 0 saturated heterocycles. The van der Waals surface area contributed by atoms with Crippen molar-refractivity contribution in [1.29, 1.82) is 0 Å². The molecule has 31 heavy (non-hydrogen) atoms. The fourth-order valence-electron chi connectivity index (χ4n) is 2.98. The molecule has 1 aromatic heterocycles. The fraction of sp³-hybridized carbons (Fsp3) is 0.208. The summed E-state index contributed by atoms with van der Waals surface area (Å²) in [5.41, 5.74) is 3.60. The fourth-order valence-corrected chi connectivity index (χ4v) is 3.78. The lowest BCUT2D eigenvalue weighted by Gasteiger charge is -2.18. The number of likely N-dealkylation sites (N-methyl/N-ethyl adjacent to an activating group) is 1. The Morgan fingerprint density at radius 1 is 1.00 bits per heavy atom. The molecule has 0 atom stereocenters. The summed E-state index contributed by atoms with van der Waals surface area (Å²) in [6.45, 7) is 1.99. The lowest BCUT2D eigenvalue weighted by Crippen LogP contribution is -2.37. The van der Waals surface area contributed by atoms with Crippen LogP contribution in [0.4, 0.5) is 16.2 Å². The van der Waals surface area contributed by atoms with Gasteiger partial charge in [-0.15, -0.1) is 11.8 Å². The number of thioether (sulfide) groups is 1. The molecule has 3 rings (SSSR count). The monoisotopic (exact) mass is 434 g/mol. The van der Waals surface area contributed by atoms with Crippen LogP contribution in [0.5, 0.6) is 0 Å². The van der Waals surface area contributed by atoms with Crippen LogP contribution in [0.3, 0.4) is 0 Å². The van der Waals surface area contributed by atoms with Gasteiger partial charge in [0.05, 0.1) is 5.03 Å². The van der Waals surface area contributed by atoms with E-state index in [1.807, 2.05) is 73.7 Å². The molecule has 0 aliphatic heterocycles. The van der Waals surface area contributed by atoms with Crippen LogP contribution in [0.2, 0.25) is 0 Å². The first-order valence-electron chi connectivity index (χ1n) is 10.1. The average Bonchev–Trinajstić information content (AvgIpc) is 2.79. The zero-order valence-electron chi connectivity index (χ0n) is 17.7. The molecule has 1 heterocycles. The summed E-state index contributed by atoms with van der Waals surface area (Å²) in [5, 5.41) is 6.69. The van der Waals surface area contributed by atoms with Gasteiger partial charge >= 0.3 is 6.03 Å². The quantitative estimate of drug-likeness (QED) is 0.487. The molecule has 2 aromatic carbocycles. The van der Waals surface area contributed by atoms with Crippen LogP contribution >= 0.6 is 11.8 Å². The molecule has 2 N–H and O–H groups in total. The number of nitrogens with zero attached hydrogens (tertiary/aromatic N) is 2. The number of amides is 3. The van der Waals surface area contributed by atoms with Crippen molar-refractivity contribution < 1.29 is 9.59 Å². The summed E-state index contributed by atoms with van der Waals surface area (Å²) in [6, 6.07) is 20.8. The van der Waals surface area contributed by atoms with Crippen LogP contribution in [-0.2, 0) is 17.0 Å². The van der Waals surface area contributed by atoms with Crippen LogP contribution in [0, 0.1) is 0 Å². The second kappa shape index (κ2) is 11.2. The molecule has 0 unspecified atom stereocenters. The molecule has 0 bridgehead atoms. The molecule has 0 saturated carbocycles. The molecule has 0 aliphatic carbocycles. The molecule has 0 fully saturated rings. The minimum atomic E-state index is -0.339. The summed E-state index contributed by atoms with van der Waals surface area (Å²) in [4.78, 5) is 30.6. The molecular formula is C24H26N4O2S. The molecule has 3 amide bonds. The first-order valence-corrected chi connectivity index (χ1v) is 11.1. The van der Waals surface area contributed by atoms with Gasteiger partial charge in [0.25, 0.3) is 0 Å². The van der Waals surface area contributed by atoms with Crippen LogP contribution in [0.25, 0.3) is 0 Å². The van der Waals surface area contributed by atoms with Crippen molar-refractivity contribution in [2.75, 3.05) is 24.2 Å². The van der Waals surface area contributed by atoms with Gasteiger partial charge in [0.15, 0.2) is 0 Å². The van der Waals surface area contributed by atoms with Crippen molar-refractivity contribution in [3.8, 4) is 0 Å². The maximum atomic E-state index is 12.5. The van der Waals surface area contributed by atoms with Gasteiger partial charge in [-0.2, -0.15) is 0 Å². The second-order valence-corrected chi connectivity index (χ2v) is 8.00. The Morgan fingerprint density at radius 3 is 2.58 bits per heavy atom. The Hall–Kier alpha value is -3.32. The Morgan fingerprint density at radius 2 is 1.81 bits per heavy atom. The highest BCUT2D eigenvalue weighted by atomic mass is 32.2. The number of carbonyl (C=O) groups is 2. The highest BCUT2D eigenvalue weighted by molar-refractivity contribution is 7.98. The van der Waals surface area contributed by atoms with E-state index in [2.05, 4.69) is 15.6 Å². The summed E-state index contributed by atoms with van der Waals surface area (Å²) in [7, 11) is 1.60. The first kappa shape index (κ1) is 22.4. The van der Waals surface area contributed by atoms with E-state index >= 15 is 0 Å². The maximum Gasteiger partial charge on any atom is 0.322 e. The molecule has 160 valence electrons. The van der Waals surface area contributed by atoms with Gasteiger partial charge in [-0.25, -0.2) is 9.78 Å². The number of pyridine rings is 1. The van der Waals surface area contributed by atoms with E-state index in [9.17, 15) is 9.59 Å². The van der Waals surface area contributed by atoms with Crippen LogP contribution in [-0.4, -0.2) is 35.4 Å². The Kier molecular flexibility index (Phi) is 8.06. The Bertz CT molecular complexity index is 1030. The SMILES string of the molecule is CCc1ccccc1NC(=O)CN(C)C(=O)Nc1cccc(CSc2ccccn2)c1. The number of urea groups is 1. The topological polar surface area (TPSA) is 74.3 Å². The predicted octanol–water partition coefficient (Wildman–Crippen LogP) is 5.04. The van der Waals surface area contributed by atoms with Crippen molar-refractivity contribution >= 4 is 35.1 Å². The number of carbonyl (C=O) groups excluding carboxylic acids is 2. The van der Waals surface area contributed by atoms with Crippen molar-refractivity contribution in [2.24, 2.45) is 0 Å². The predicted molar refractivity (Wildman–Crippen MR) is 126 cm³/mol. The number of benzene rings is 2. The third-order valence-electron chi connectivity index (χ3n) is 4.60. The van der Waals surface area contributed by atoms with Gasteiger partial charge in [0.1, 0.15) is 6.54 Å². The normalized spacial score (nSPS) is 10.4. The number of nitrogens with one attached hydrogen (secondary N) is 2. The lowest BCUT2D eigenvalue weighted by atomic mass is 10.1. The van der Waals surface area contributed by atoms with E-state index in [0.29, 0.717) is 5.69 Å². The smallest absolute Gasteiger partial charge is 0.322 e. The molecule has 0 aliphatic rings. The molecular weight excluding hydrogens is 408 g/mol. The number of rotatable bonds is 8. The van der Waals surface area contributed by atoms with Gasteiger partial charge in [0.2, 0.25) is 5.91 Å². The number of hydrogen-bond acceptors (Lipinski definition) is 4. The number of para-hydroxylation sites is 1.